The predicted molar refractivity (Wildman–Crippen MR) is 77.5 cm³/mol. The molecular weight excluding hydrogens is 260 g/mol. The van der Waals surface area contributed by atoms with Gasteiger partial charge < -0.3 is 10.0 Å². The van der Waals surface area contributed by atoms with Crippen LogP contribution in [0.4, 0.5) is 5.82 Å². The summed E-state index contributed by atoms with van der Waals surface area (Å²) in [6.45, 7) is 4.04. The van der Waals surface area contributed by atoms with E-state index in [9.17, 15) is 5.11 Å². The number of rotatable bonds is 2. The Morgan fingerprint density at radius 1 is 1.47 bits per heavy atom. The molecule has 1 aromatic rings. The van der Waals surface area contributed by atoms with Crippen molar-refractivity contribution in [2.45, 2.75) is 38.2 Å². The first-order chi connectivity index (χ1) is 9.12. The third-order valence-corrected chi connectivity index (χ3v) is 5.19. The second kappa shape index (κ2) is 4.95. The third-order valence-electron chi connectivity index (χ3n) is 4.96. The predicted octanol–water partition coefficient (Wildman–Crippen LogP) is 3.11. The van der Waals surface area contributed by atoms with Crippen LogP contribution in [-0.2, 0) is 0 Å². The van der Waals surface area contributed by atoms with Crippen molar-refractivity contribution in [2.24, 2.45) is 11.8 Å². The van der Waals surface area contributed by atoms with E-state index in [1.807, 2.05) is 12.1 Å². The number of nitrogens with zero attached hydrogens (tertiary/aromatic N) is 2. The van der Waals surface area contributed by atoms with Gasteiger partial charge in [-0.1, -0.05) is 24.9 Å². The topological polar surface area (TPSA) is 36.4 Å². The smallest absolute Gasteiger partial charge is 0.128 e. The molecule has 0 radical (unpaired) electrons. The van der Waals surface area contributed by atoms with Crippen LogP contribution in [0, 0.1) is 11.8 Å². The largest absolute Gasteiger partial charge is 0.390 e. The van der Waals surface area contributed by atoms with Gasteiger partial charge >= 0.3 is 0 Å². The maximum atomic E-state index is 10.8. The fraction of sp³-hybridized carbons (Fsp3) is 0.667. The molecule has 3 atom stereocenters. The molecule has 4 heteroatoms. The molecular formula is C15H21ClN2O. The van der Waals surface area contributed by atoms with Crippen molar-refractivity contribution in [3.8, 4) is 0 Å². The fourth-order valence-corrected chi connectivity index (χ4v) is 3.92. The second-order valence-corrected chi connectivity index (χ2v) is 6.39. The summed E-state index contributed by atoms with van der Waals surface area (Å²) in [6, 6.07) is 3.86. The fourth-order valence-electron chi connectivity index (χ4n) is 3.81. The number of aliphatic hydroxyl groups is 1. The van der Waals surface area contributed by atoms with Crippen molar-refractivity contribution in [3.63, 3.8) is 0 Å². The van der Waals surface area contributed by atoms with E-state index < -0.39 is 5.60 Å². The van der Waals surface area contributed by atoms with Crippen molar-refractivity contribution < 1.29 is 5.11 Å². The number of aromatic nitrogens is 1. The summed E-state index contributed by atoms with van der Waals surface area (Å²) in [5.41, 5.74) is -0.468. The maximum Gasteiger partial charge on any atom is 0.128 e. The lowest BCUT2D eigenvalue weighted by Crippen LogP contribution is -2.44. The Morgan fingerprint density at radius 2 is 2.32 bits per heavy atom. The second-order valence-electron chi connectivity index (χ2n) is 5.96. The van der Waals surface area contributed by atoms with Crippen molar-refractivity contribution >= 4 is 17.4 Å². The van der Waals surface area contributed by atoms with Gasteiger partial charge in [0.2, 0.25) is 0 Å². The highest BCUT2D eigenvalue weighted by Gasteiger charge is 2.47. The van der Waals surface area contributed by atoms with E-state index in [1.165, 1.54) is 6.42 Å². The number of fused-ring (bicyclic) bond motifs is 1. The highest BCUT2D eigenvalue weighted by atomic mass is 35.5. The molecule has 104 valence electrons. The zero-order valence-corrected chi connectivity index (χ0v) is 12.1. The molecule has 1 saturated carbocycles. The Bertz CT molecular complexity index is 450. The molecule has 1 N–H and O–H groups in total. The van der Waals surface area contributed by atoms with Gasteiger partial charge in [-0.3, -0.25) is 0 Å². The van der Waals surface area contributed by atoms with Crippen molar-refractivity contribution in [2.75, 3.05) is 18.0 Å². The van der Waals surface area contributed by atoms with E-state index in [0.29, 0.717) is 16.9 Å². The van der Waals surface area contributed by atoms with Crippen LogP contribution in [0.2, 0.25) is 5.02 Å². The van der Waals surface area contributed by atoms with Crippen LogP contribution < -0.4 is 4.90 Å². The lowest BCUT2D eigenvalue weighted by Gasteiger charge is -2.40. The maximum absolute atomic E-state index is 10.8. The summed E-state index contributed by atoms with van der Waals surface area (Å²) in [4.78, 5) is 6.71. The quantitative estimate of drug-likeness (QED) is 0.904. The highest BCUT2D eigenvalue weighted by Crippen LogP contribution is 2.45. The minimum absolute atomic E-state index is 0.392. The average molecular weight is 281 g/mol. The zero-order chi connectivity index (χ0) is 13.5. The molecule has 2 aliphatic rings. The monoisotopic (exact) mass is 280 g/mol. The van der Waals surface area contributed by atoms with Gasteiger partial charge in [0.05, 0.1) is 10.6 Å². The van der Waals surface area contributed by atoms with Gasteiger partial charge in [0, 0.05) is 25.2 Å². The van der Waals surface area contributed by atoms with Crippen LogP contribution in [0.1, 0.15) is 32.6 Å². The molecule has 1 aliphatic carbocycles. The van der Waals surface area contributed by atoms with E-state index in [1.54, 1.807) is 6.20 Å². The van der Waals surface area contributed by atoms with Crippen LogP contribution in [0.15, 0.2) is 18.3 Å². The van der Waals surface area contributed by atoms with Crippen LogP contribution in [0.5, 0.6) is 0 Å². The van der Waals surface area contributed by atoms with Gasteiger partial charge in [0.15, 0.2) is 0 Å². The molecule has 0 amide bonds. The minimum atomic E-state index is -0.468. The van der Waals surface area contributed by atoms with Gasteiger partial charge in [-0.05, 0) is 37.3 Å². The molecule has 2 fully saturated rings. The van der Waals surface area contributed by atoms with Crippen LogP contribution in [0.3, 0.4) is 0 Å². The van der Waals surface area contributed by atoms with Gasteiger partial charge in [-0.15, -0.1) is 0 Å². The number of hydrogen-bond donors (Lipinski definition) is 1. The van der Waals surface area contributed by atoms with Crippen molar-refractivity contribution in [1.29, 1.82) is 0 Å². The van der Waals surface area contributed by atoms with E-state index in [4.69, 9.17) is 11.6 Å². The summed E-state index contributed by atoms with van der Waals surface area (Å²) in [5, 5.41) is 11.5. The van der Waals surface area contributed by atoms with Crippen LogP contribution in [-0.4, -0.2) is 28.8 Å². The molecule has 0 unspecified atom stereocenters. The summed E-state index contributed by atoms with van der Waals surface area (Å²) in [7, 11) is 0. The molecule has 0 aromatic carbocycles. The zero-order valence-electron chi connectivity index (χ0n) is 11.3. The Hall–Kier alpha value is -0.800. The molecule has 3 nitrogen and oxygen atoms in total. The van der Waals surface area contributed by atoms with Crippen LogP contribution in [0.25, 0.3) is 0 Å². The Morgan fingerprint density at radius 3 is 3.00 bits per heavy atom. The molecule has 1 aromatic heterocycles. The summed E-state index contributed by atoms with van der Waals surface area (Å²) in [5.74, 6) is 1.98. The van der Waals surface area contributed by atoms with Crippen molar-refractivity contribution in [3.05, 3.63) is 23.4 Å². The molecule has 19 heavy (non-hydrogen) atoms. The Kier molecular flexibility index (Phi) is 3.44. The first kappa shape index (κ1) is 13.2. The van der Waals surface area contributed by atoms with E-state index in [2.05, 4.69) is 16.8 Å². The normalized spacial score (nSPS) is 34.4. The number of pyridine rings is 1. The van der Waals surface area contributed by atoms with Crippen LogP contribution >= 0.6 is 11.6 Å². The Balaban J connectivity index is 1.80. The summed E-state index contributed by atoms with van der Waals surface area (Å²) in [6.07, 6.45) is 5.89. The first-order valence-corrected chi connectivity index (χ1v) is 7.59. The van der Waals surface area contributed by atoms with Gasteiger partial charge in [0.25, 0.3) is 0 Å². The highest BCUT2D eigenvalue weighted by molar-refractivity contribution is 6.30. The average Bonchev–Trinajstić information content (AvgIpc) is 2.85. The number of halogens is 1. The lowest BCUT2D eigenvalue weighted by atomic mass is 9.69. The molecule has 3 rings (SSSR count). The SMILES string of the molecule is CC[C@@]1(O)CCC[C@@H]2CN(c3ccc(Cl)cn3)C[C@@H]21. The Labute approximate surface area is 119 Å². The van der Waals surface area contributed by atoms with Gasteiger partial charge in [-0.25, -0.2) is 4.98 Å². The molecule has 0 bridgehead atoms. The third kappa shape index (κ3) is 2.34. The van der Waals surface area contributed by atoms with Crippen molar-refractivity contribution in [1.82, 2.24) is 4.98 Å². The van der Waals surface area contributed by atoms with E-state index in [-0.39, 0.29) is 0 Å². The van der Waals surface area contributed by atoms with E-state index >= 15 is 0 Å². The molecule has 0 spiro atoms. The summed E-state index contributed by atoms with van der Waals surface area (Å²) < 4.78 is 0. The molecule has 1 aliphatic heterocycles. The minimum Gasteiger partial charge on any atom is -0.390 e. The summed E-state index contributed by atoms with van der Waals surface area (Å²) >= 11 is 5.89. The van der Waals surface area contributed by atoms with Gasteiger partial charge in [-0.2, -0.15) is 0 Å². The van der Waals surface area contributed by atoms with E-state index in [0.717, 1.165) is 38.2 Å². The molecule has 2 heterocycles. The lowest BCUT2D eigenvalue weighted by molar-refractivity contribution is -0.0597. The molecule has 1 saturated heterocycles. The first-order valence-electron chi connectivity index (χ1n) is 7.21. The van der Waals surface area contributed by atoms with Gasteiger partial charge in [0.1, 0.15) is 5.82 Å². The number of hydrogen-bond acceptors (Lipinski definition) is 3. The standard InChI is InChI=1S/C15H21ClN2O/c1-2-15(19)7-3-4-11-9-18(10-13(11)15)14-6-5-12(16)8-17-14/h5-6,8,11,13,19H,2-4,7,9-10H2,1H3/t11-,13+,15-/m1/s1. The number of anilines is 1.